The highest BCUT2D eigenvalue weighted by molar-refractivity contribution is 6.33. The number of benzene rings is 1. The molecule has 0 amide bonds. The summed E-state index contributed by atoms with van der Waals surface area (Å²) in [6.07, 6.45) is -2.69. The highest BCUT2D eigenvalue weighted by Gasteiger charge is 2.19. The van der Waals surface area contributed by atoms with E-state index >= 15 is 0 Å². The van der Waals surface area contributed by atoms with Crippen LogP contribution in [0.25, 0.3) is 0 Å². The molecule has 1 rings (SSSR count). The Hall–Kier alpha value is -1.16. The molecule has 0 atom stereocenters. The SMILES string of the molecule is COc1c(C(C)=O)ccc(C(F)F)c1Cl. The Kier molecular flexibility index (Phi) is 3.63. The maximum atomic E-state index is 12.5. The molecule has 0 saturated heterocycles. The number of hydrogen-bond donors (Lipinski definition) is 0. The van der Waals surface area contributed by atoms with E-state index in [0.29, 0.717) is 0 Å². The topological polar surface area (TPSA) is 26.3 Å². The molecule has 0 bridgehead atoms. The van der Waals surface area contributed by atoms with E-state index in [0.717, 1.165) is 6.07 Å². The van der Waals surface area contributed by atoms with Crippen LogP contribution in [0, 0.1) is 0 Å². The van der Waals surface area contributed by atoms with Gasteiger partial charge in [0.2, 0.25) is 0 Å². The van der Waals surface area contributed by atoms with Crippen molar-refractivity contribution in [2.24, 2.45) is 0 Å². The number of alkyl halides is 2. The average molecular weight is 235 g/mol. The number of halogens is 3. The van der Waals surface area contributed by atoms with Gasteiger partial charge in [-0.15, -0.1) is 0 Å². The number of hydrogen-bond acceptors (Lipinski definition) is 2. The predicted molar refractivity (Wildman–Crippen MR) is 53.0 cm³/mol. The summed E-state index contributed by atoms with van der Waals surface area (Å²) in [5.74, 6) is -0.281. The molecule has 0 aliphatic carbocycles. The normalized spacial score (nSPS) is 10.5. The van der Waals surface area contributed by atoms with Gasteiger partial charge in [-0.25, -0.2) is 8.78 Å². The highest BCUT2D eigenvalue weighted by atomic mass is 35.5. The van der Waals surface area contributed by atoms with Gasteiger partial charge in [0, 0.05) is 5.56 Å². The maximum absolute atomic E-state index is 12.5. The zero-order chi connectivity index (χ0) is 11.6. The van der Waals surface area contributed by atoms with E-state index in [4.69, 9.17) is 16.3 Å². The Bertz CT molecular complexity index is 391. The molecule has 0 spiro atoms. The van der Waals surface area contributed by atoms with Gasteiger partial charge in [0.15, 0.2) is 5.78 Å². The van der Waals surface area contributed by atoms with E-state index < -0.39 is 6.43 Å². The van der Waals surface area contributed by atoms with Gasteiger partial charge < -0.3 is 4.74 Å². The van der Waals surface area contributed by atoms with Crippen molar-refractivity contribution in [2.75, 3.05) is 7.11 Å². The summed E-state index contributed by atoms with van der Waals surface area (Å²) in [7, 11) is 1.28. The van der Waals surface area contributed by atoms with E-state index in [1.807, 2.05) is 0 Å². The minimum atomic E-state index is -2.69. The fourth-order valence-electron chi connectivity index (χ4n) is 1.22. The van der Waals surface area contributed by atoms with Gasteiger partial charge in [0.05, 0.1) is 17.7 Å². The van der Waals surface area contributed by atoms with E-state index in [2.05, 4.69) is 0 Å². The summed E-state index contributed by atoms with van der Waals surface area (Å²) in [5, 5.41) is -0.208. The molecule has 1 aromatic rings. The van der Waals surface area contributed by atoms with Crippen LogP contribution in [0.4, 0.5) is 8.78 Å². The second-order valence-corrected chi connectivity index (χ2v) is 3.28. The Morgan fingerprint density at radius 3 is 2.47 bits per heavy atom. The van der Waals surface area contributed by atoms with Gasteiger partial charge in [-0.1, -0.05) is 17.7 Å². The third-order valence-electron chi connectivity index (χ3n) is 1.95. The van der Waals surface area contributed by atoms with Crippen LogP contribution in [0.2, 0.25) is 5.02 Å². The zero-order valence-electron chi connectivity index (χ0n) is 8.18. The summed E-state index contributed by atoms with van der Waals surface area (Å²) >= 11 is 5.70. The standard InChI is InChI=1S/C10H9ClF2O2/c1-5(14)6-3-4-7(10(12)13)8(11)9(6)15-2/h3-4,10H,1-2H3. The third-order valence-corrected chi connectivity index (χ3v) is 2.34. The molecule has 15 heavy (non-hydrogen) atoms. The minimum Gasteiger partial charge on any atom is -0.494 e. The van der Waals surface area contributed by atoms with E-state index in [1.54, 1.807) is 0 Å². The van der Waals surface area contributed by atoms with Crippen LogP contribution >= 0.6 is 11.6 Å². The van der Waals surface area contributed by atoms with Gasteiger partial charge in [-0.3, -0.25) is 4.79 Å². The summed E-state index contributed by atoms with van der Waals surface area (Å²) in [6, 6.07) is 2.42. The predicted octanol–water partition coefficient (Wildman–Crippen LogP) is 3.49. The van der Waals surface area contributed by atoms with E-state index in [1.165, 1.54) is 20.1 Å². The Morgan fingerprint density at radius 1 is 1.47 bits per heavy atom. The number of carbonyl (C=O) groups excluding carboxylic acids is 1. The van der Waals surface area contributed by atoms with Crippen molar-refractivity contribution in [1.29, 1.82) is 0 Å². The number of ether oxygens (including phenoxy) is 1. The van der Waals surface area contributed by atoms with Crippen LogP contribution < -0.4 is 4.74 Å². The summed E-state index contributed by atoms with van der Waals surface area (Å²) < 4.78 is 29.7. The Morgan fingerprint density at radius 2 is 2.07 bits per heavy atom. The lowest BCUT2D eigenvalue weighted by Crippen LogP contribution is -2.00. The molecule has 2 nitrogen and oxygen atoms in total. The van der Waals surface area contributed by atoms with Crippen LogP contribution in [-0.4, -0.2) is 12.9 Å². The van der Waals surface area contributed by atoms with Crippen LogP contribution in [0.3, 0.4) is 0 Å². The minimum absolute atomic E-state index is 0.00182. The first-order chi connectivity index (χ1) is 6.99. The van der Waals surface area contributed by atoms with Crippen molar-refractivity contribution in [3.8, 4) is 5.75 Å². The van der Waals surface area contributed by atoms with Crippen LogP contribution in [0.15, 0.2) is 12.1 Å². The van der Waals surface area contributed by atoms with Crippen LogP contribution in [0.1, 0.15) is 29.3 Å². The van der Waals surface area contributed by atoms with Gasteiger partial charge >= 0.3 is 0 Å². The largest absolute Gasteiger partial charge is 0.494 e. The molecule has 0 aliphatic rings. The molecule has 0 N–H and O–H groups in total. The molecule has 0 radical (unpaired) electrons. The number of rotatable bonds is 3. The van der Waals surface area contributed by atoms with Crippen molar-refractivity contribution >= 4 is 17.4 Å². The first-order valence-corrected chi connectivity index (χ1v) is 4.52. The lowest BCUT2D eigenvalue weighted by Gasteiger charge is -2.11. The third kappa shape index (κ3) is 2.26. The number of methoxy groups -OCH3 is 1. The molecule has 0 unspecified atom stereocenters. The molecule has 82 valence electrons. The second kappa shape index (κ2) is 4.57. The van der Waals surface area contributed by atoms with Gasteiger partial charge in [-0.05, 0) is 13.0 Å². The summed E-state index contributed by atoms with van der Waals surface area (Å²) in [4.78, 5) is 11.1. The molecule has 0 fully saturated rings. The fraction of sp³-hybridized carbons (Fsp3) is 0.300. The molecule has 0 aromatic heterocycles. The quantitative estimate of drug-likeness (QED) is 0.749. The average Bonchev–Trinajstić information content (AvgIpc) is 2.16. The fourth-order valence-corrected chi connectivity index (χ4v) is 1.54. The molecule has 0 aliphatic heterocycles. The lowest BCUT2D eigenvalue weighted by molar-refractivity contribution is 0.101. The molecule has 5 heteroatoms. The first-order valence-electron chi connectivity index (χ1n) is 4.14. The van der Waals surface area contributed by atoms with Crippen molar-refractivity contribution in [3.63, 3.8) is 0 Å². The van der Waals surface area contributed by atoms with Crippen LogP contribution in [-0.2, 0) is 0 Å². The molecular formula is C10H9ClF2O2. The zero-order valence-corrected chi connectivity index (χ0v) is 8.94. The smallest absolute Gasteiger partial charge is 0.265 e. The molecule has 1 aromatic carbocycles. The Balaban J connectivity index is 3.39. The summed E-state index contributed by atoms with van der Waals surface area (Å²) in [5.41, 5.74) is -0.134. The van der Waals surface area contributed by atoms with E-state index in [-0.39, 0.29) is 27.7 Å². The van der Waals surface area contributed by atoms with Crippen molar-refractivity contribution in [3.05, 3.63) is 28.3 Å². The number of carbonyl (C=O) groups is 1. The maximum Gasteiger partial charge on any atom is 0.265 e. The Labute approximate surface area is 90.8 Å². The number of Topliss-reactive ketones (excluding diaryl/α,β-unsaturated/α-hetero) is 1. The lowest BCUT2D eigenvalue weighted by atomic mass is 10.1. The van der Waals surface area contributed by atoms with Gasteiger partial charge in [0.25, 0.3) is 6.43 Å². The summed E-state index contributed by atoms with van der Waals surface area (Å²) in [6.45, 7) is 1.32. The molecule has 0 saturated carbocycles. The van der Waals surface area contributed by atoms with Crippen LogP contribution in [0.5, 0.6) is 5.75 Å². The van der Waals surface area contributed by atoms with E-state index in [9.17, 15) is 13.6 Å². The van der Waals surface area contributed by atoms with Gasteiger partial charge in [0.1, 0.15) is 5.75 Å². The number of ketones is 1. The monoisotopic (exact) mass is 234 g/mol. The molecule has 0 heterocycles. The van der Waals surface area contributed by atoms with Crippen molar-refractivity contribution in [2.45, 2.75) is 13.3 Å². The van der Waals surface area contributed by atoms with Crippen molar-refractivity contribution in [1.82, 2.24) is 0 Å². The van der Waals surface area contributed by atoms with Crippen molar-refractivity contribution < 1.29 is 18.3 Å². The molecular weight excluding hydrogens is 226 g/mol. The first kappa shape index (κ1) is 11.9. The second-order valence-electron chi connectivity index (χ2n) is 2.91. The van der Waals surface area contributed by atoms with Gasteiger partial charge in [-0.2, -0.15) is 0 Å². The highest BCUT2D eigenvalue weighted by Crippen LogP contribution is 2.36.